The molecule has 0 saturated heterocycles. The molecule has 2 N–H and O–H groups in total. The maximum Gasteiger partial charge on any atom is 0.371 e. The summed E-state index contributed by atoms with van der Waals surface area (Å²) < 4.78 is 0. The largest absolute Gasteiger partial charge is 0.475 e. The first-order chi connectivity index (χ1) is 12.7. The number of aromatic nitrogens is 2. The van der Waals surface area contributed by atoms with Crippen molar-refractivity contribution in [3.63, 3.8) is 0 Å². The van der Waals surface area contributed by atoms with Gasteiger partial charge in [-0.3, -0.25) is 0 Å². The highest BCUT2D eigenvalue weighted by Gasteiger charge is 2.14. The van der Waals surface area contributed by atoms with E-state index in [9.17, 15) is 9.90 Å². The Hall–Kier alpha value is -2.88. The first-order valence-electron chi connectivity index (χ1n) is 9.11. The summed E-state index contributed by atoms with van der Waals surface area (Å²) in [6, 6.07) is 20.7. The van der Waals surface area contributed by atoms with E-state index in [-0.39, 0.29) is 5.82 Å². The Bertz CT molecular complexity index is 763. The summed E-state index contributed by atoms with van der Waals surface area (Å²) in [6.45, 7) is 0. The molecule has 0 saturated carbocycles. The van der Waals surface area contributed by atoms with Crippen molar-refractivity contribution in [1.82, 2.24) is 9.97 Å². The summed E-state index contributed by atoms with van der Waals surface area (Å²) in [5.41, 5.74) is 4.46. The van der Waals surface area contributed by atoms with Gasteiger partial charge < -0.3 is 10.1 Å². The smallest absolute Gasteiger partial charge is 0.371 e. The molecule has 1 aromatic heterocycles. The number of hydrogen-bond donors (Lipinski definition) is 2. The predicted octanol–water partition coefficient (Wildman–Crippen LogP) is 4.46. The zero-order valence-corrected chi connectivity index (χ0v) is 14.8. The van der Waals surface area contributed by atoms with Crippen LogP contribution in [0.5, 0.6) is 0 Å². The third-order valence-corrected chi connectivity index (χ3v) is 4.52. The molecular weight excluding hydrogens is 324 g/mol. The molecule has 4 heteroatoms. The number of rotatable bonds is 9. The van der Waals surface area contributed by atoms with E-state index in [0.717, 1.165) is 49.9 Å². The van der Waals surface area contributed by atoms with Crippen molar-refractivity contribution < 1.29 is 9.90 Å². The number of carbonyl (C=O) groups is 1. The minimum Gasteiger partial charge on any atom is -0.475 e. The maximum absolute atomic E-state index is 11.3. The average Bonchev–Trinajstić information content (AvgIpc) is 3.07. The van der Waals surface area contributed by atoms with E-state index < -0.39 is 5.97 Å². The van der Waals surface area contributed by atoms with Gasteiger partial charge in [-0.25, -0.2) is 9.78 Å². The van der Waals surface area contributed by atoms with Crippen LogP contribution in [0.1, 0.15) is 46.0 Å². The second kappa shape index (κ2) is 8.99. The SMILES string of the molecule is O=C(O)c1nc(CCCc2ccccc2)c(CCCc2ccccc2)[nH]1. The van der Waals surface area contributed by atoms with Gasteiger partial charge in [-0.05, 0) is 49.7 Å². The van der Waals surface area contributed by atoms with Crippen LogP contribution in [0.3, 0.4) is 0 Å². The van der Waals surface area contributed by atoms with E-state index >= 15 is 0 Å². The maximum atomic E-state index is 11.3. The second-order valence-corrected chi connectivity index (χ2v) is 6.49. The highest BCUT2D eigenvalue weighted by atomic mass is 16.4. The van der Waals surface area contributed by atoms with E-state index in [1.165, 1.54) is 11.1 Å². The van der Waals surface area contributed by atoms with Gasteiger partial charge in [0.2, 0.25) is 5.82 Å². The highest BCUT2D eigenvalue weighted by Crippen LogP contribution is 2.15. The van der Waals surface area contributed by atoms with Gasteiger partial charge in [-0.15, -0.1) is 0 Å². The van der Waals surface area contributed by atoms with E-state index in [0.29, 0.717) is 0 Å². The van der Waals surface area contributed by atoms with Gasteiger partial charge in [0.25, 0.3) is 0 Å². The van der Waals surface area contributed by atoms with Crippen LogP contribution < -0.4 is 0 Å². The number of aromatic amines is 1. The van der Waals surface area contributed by atoms with E-state index in [2.05, 4.69) is 34.2 Å². The minimum atomic E-state index is -0.997. The Morgan fingerprint density at radius 1 is 0.808 bits per heavy atom. The van der Waals surface area contributed by atoms with Crippen LogP contribution >= 0.6 is 0 Å². The monoisotopic (exact) mass is 348 g/mol. The standard InChI is InChI=1S/C22H24N2O2/c25-22(26)21-23-19(15-7-13-17-9-3-1-4-10-17)20(24-21)16-8-14-18-11-5-2-6-12-18/h1-6,9-12H,7-8,13-16H2,(H,23,24)(H,25,26). The van der Waals surface area contributed by atoms with Crippen LogP contribution in [0.4, 0.5) is 0 Å². The van der Waals surface area contributed by atoms with Crippen molar-refractivity contribution in [1.29, 1.82) is 0 Å². The molecule has 0 bridgehead atoms. The molecule has 1 heterocycles. The van der Waals surface area contributed by atoms with Crippen molar-refractivity contribution in [3.05, 3.63) is 89.0 Å². The van der Waals surface area contributed by atoms with Crippen molar-refractivity contribution in [2.24, 2.45) is 0 Å². The van der Waals surface area contributed by atoms with Gasteiger partial charge in [0.15, 0.2) is 0 Å². The lowest BCUT2D eigenvalue weighted by molar-refractivity contribution is 0.0684. The number of carboxylic acid groups (broad SMARTS) is 1. The van der Waals surface area contributed by atoms with Crippen LogP contribution in [0, 0.1) is 0 Å². The van der Waals surface area contributed by atoms with Crippen LogP contribution in [-0.2, 0) is 25.7 Å². The van der Waals surface area contributed by atoms with Gasteiger partial charge in [0.05, 0.1) is 5.69 Å². The summed E-state index contributed by atoms with van der Waals surface area (Å²) in [5.74, 6) is -0.946. The molecule has 0 amide bonds. The Kier molecular flexibility index (Phi) is 6.20. The topological polar surface area (TPSA) is 66.0 Å². The molecule has 26 heavy (non-hydrogen) atoms. The van der Waals surface area contributed by atoms with E-state index in [1.54, 1.807) is 0 Å². The fraction of sp³-hybridized carbons (Fsp3) is 0.273. The number of hydrogen-bond acceptors (Lipinski definition) is 2. The van der Waals surface area contributed by atoms with Crippen LogP contribution in [0.25, 0.3) is 0 Å². The van der Waals surface area contributed by atoms with Gasteiger partial charge >= 0.3 is 5.97 Å². The highest BCUT2D eigenvalue weighted by molar-refractivity contribution is 5.83. The molecule has 0 aliphatic heterocycles. The van der Waals surface area contributed by atoms with E-state index in [1.807, 2.05) is 36.4 Å². The zero-order valence-electron chi connectivity index (χ0n) is 14.8. The number of imidazole rings is 1. The van der Waals surface area contributed by atoms with E-state index in [4.69, 9.17) is 0 Å². The summed E-state index contributed by atoms with van der Waals surface area (Å²) in [5, 5.41) is 9.24. The van der Waals surface area contributed by atoms with Gasteiger partial charge in [-0.2, -0.15) is 0 Å². The third kappa shape index (κ3) is 5.06. The summed E-state index contributed by atoms with van der Waals surface area (Å²) in [4.78, 5) is 18.6. The minimum absolute atomic E-state index is 0.0504. The van der Waals surface area contributed by atoms with Crippen molar-refractivity contribution >= 4 is 5.97 Å². The normalized spacial score (nSPS) is 10.8. The molecule has 0 atom stereocenters. The van der Waals surface area contributed by atoms with Crippen LogP contribution in [-0.4, -0.2) is 21.0 Å². The predicted molar refractivity (Wildman–Crippen MR) is 102 cm³/mol. The Balaban J connectivity index is 1.59. The fourth-order valence-electron chi connectivity index (χ4n) is 3.18. The van der Waals surface area contributed by atoms with Gasteiger partial charge in [0, 0.05) is 5.69 Å². The number of carboxylic acids is 1. The summed E-state index contributed by atoms with van der Waals surface area (Å²) in [6.07, 6.45) is 5.48. The molecule has 0 aliphatic carbocycles. The number of H-pyrrole nitrogens is 1. The van der Waals surface area contributed by atoms with Crippen LogP contribution in [0.2, 0.25) is 0 Å². The number of nitrogens with one attached hydrogen (secondary N) is 1. The number of benzene rings is 2. The molecule has 4 nitrogen and oxygen atoms in total. The molecule has 0 aliphatic rings. The average molecular weight is 348 g/mol. The molecule has 0 spiro atoms. The van der Waals surface area contributed by atoms with Crippen molar-refractivity contribution in [2.75, 3.05) is 0 Å². The first-order valence-corrected chi connectivity index (χ1v) is 9.11. The Morgan fingerprint density at radius 2 is 1.35 bits per heavy atom. The zero-order chi connectivity index (χ0) is 18.2. The Labute approximate surface area is 153 Å². The molecule has 2 aromatic carbocycles. The first kappa shape index (κ1) is 17.9. The second-order valence-electron chi connectivity index (χ2n) is 6.49. The van der Waals surface area contributed by atoms with Gasteiger partial charge in [0.1, 0.15) is 0 Å². The molecule has 3 aromatic rings. The number of aromatic carboxylic acids is 1. The quantitative estimate of drug-likeness (QED) is 0.600. The van der Waals surface area contributed by atoms with Crippen LogP contribution in [0.15, 0.2) is 60.7 Å². The Morgan fingerprint density at radius 3 is 1.88 bits per heavy atom. The lowest BCUT2D eigenvalue weighted by atomic mass is 10.0. The molecular formula is C22H24N2O2. The van der Waals surface area contributed by atoms with Crippen molar-refractivity contribution in [2.45, 2.75) is 38.5 Å². The summed E-state index contributed by atoms with van der Waals surface area (Å²) >= 11 is 0. The fourth-order valence-corrected chi connectivity index (χ4v) is 3.18. The number of aryl methyl sites for hydroxylation is 4. The lowest BCUT2D eigenvalue weighted by Gasteiger charge is -2.04. The summed E-state index contributed by atoms with van der Waals surface area (Å²) in [7, 11) is 0. The molecule has 0 unspecified atom stereocenters. The molecule has 134 valence electrons. The molecule has 3 rings (SSSR count). The molecule has 0 fully saturated rings. The lowest BCUT2D eigenvalue weighted by Crippen LogP contribution is -1.99. The number of nitrogens with zero attached hydrogens (tertiary/aromatic N) is 1. The van der Waals surface area contributed by atoms with Gasteiger partial charge in [-0.1, -0.05) is 60.7 Å². The molecule has 0 radical (unpaired) electrons. The third-order valence-electron chi connectivity index (χ3n) is 4.52. The van der Waals surface area contributed by atoms with Crippen molar-refractivity contribution in [3.8, 4) is 0 Å².